The van der Waals surface area contributed by atoms with E-state index in [2.05, 4.69) is 4.74 Å². The van der Waals surface area contributed by atoms with Crippen LogP contribution in [0.15, 0.2) is 11.7 Å². The van der Waals surface area contributed by atoms with Crippen molar-refractivity contribution in [3.05, 3.63) is 11.7 Å². The number of unbranched alkanes of at least 4 members (excludes halogenated alkanes) is 1. The van der Waals surface area contributed by atoms with Crippen molar-refractivity contribution in [2.75, 3.05) is 0 Å². The summed E-state index contributed by atoms with van der Waals surface area (Å²) in [7, 11) is 0. The predicted molar refractivity (Wildman–Crippen MR) is 50.4 cm³/mol. The Labute approximate surface area is 95.4 Å². The van der Waals surface area contributed by atoms with Crippen LogP contribution in [0.3, 0.4) is 0 Å². The molecule has 100 valence electrons. The van der Waals surface area contributed by atoms with Crippen LogP contribution in [-0.2, 0) is 9.53 Å². The molecule has 0 saturated heterocycles. The summed E-state index contributed by atoms with van der Waals surface area (Å²) in [5.74, 6) is -2.03. The van der Waals surface area contributed by atoms with Crippen LogP contribution in [0.5, 0.6) is 0 Å². The number of ether oxygens (including phenoxy) is 1. The van der Waals surface area contributed by atoms with Crippen molar-refractivity contribution in [3.8, 4) is 0 Å². The molecule has 0 aromatic carbocycles. The Morgan fingerprint density at radius 1 is 1.29 bits per heavy atom. The first-order valence-electron chi connectivity index (χ1n) is 5.03. The van der Waals surface area contributed by atoms with E-state index in [1.807, 2.05) is 6.92 Å². The summed E-state index contributed by atoms with van der Waals surface area (Å²) in [5, 5.41) is 0. The van der Waals surface area contributed by atoms with Gasteiger partial charge in [-0.3, -0.25) is 0 Å². The second-order valence-electron chi connectivity index (χ2n) is 3.49. The van der Waals surface area contributed by atoms with Gasteiger partial charge >= 0.3 is 12.1 Å². The number of halogens is 5. The van der Waals surface area contributed by atoms with Crippen LogP contribution >= 0.6 is 0 Å². The number of carbonyl (C=O) groups is 1. The van der Waals surface area contributed by atoms with E-state index in [0.29, 0.717) is 12.8 Å². The van der Waals surface area contributed by atoms with Crippen molar-refractivity contribution in [3.63, 3.8) is 0 Å². The predicted octanol–water partition coefficient (Wildman–Crippen LogP) is 3.82. The largest absolute Gasteiger partial charge is 0.459 e. The fraction of sp³-hybridized carbons (Fsp3) is 0.700. The van der Waals surface area contributed by atoms with Crippen LogP contribution in [0.1, 0.15) is 33.1 Å². The molecule has 0 amide bonds. The van der Waals surface area contributed by atoms with E-state index in [-0.39, 0.29) is 0 Å². The monoisotopic (exact) mass is 260 g/mol. The number of esters is 1. The molecule has 0 saturated carbocycles. The Kier molecular flexibility index (Phi) is 6.12. The summed E-state index contributed by atoms with van der Waals surface area (Å²) < 4.78 is 64.6. The Morgan fingerprint density at radius 3 is 2.18 bits per heavy atom. The van der Waals surface area contributed by atoms with Gasteiger partial charge in [0.1, 0.15) is 0 Å². The molecule has 0 aliphatic rings. The lowest BCUT2D eigenvalue weighted by Gasteiger charge is -2.15. The third-order valence-corrected chi connectivity index (χ3v) is 1.95. The fourth-order valence-electron chi connectivity index (χ4n) is 1.09. The van der Waals surface area contributed by atoms with Gasteiger partial charge in [-0.15, -0.1) is 0 Å². The number of hydrogen-bond donors (Lipinski definition) is 0. The smallest absolute Gasteiger partial charge is 0.428 e. The van der Waals surface area contributed by atoms with E-state index >= 15 is 0 Å². The highest BCUT2D eigenvalue weighted by molar-refractivity contribution is 5.90. The van der Waals surface area contributed by atoms with E-state index < -0.39 is 29.9 Å². The molecule has 0 aromatic rings. The first kappa shape index (κ1) is 15.9. The maximum atomic E-state index is 12.1. The van der Waals surface area contributed by atoms with Crippen LogP contribution in [0, 0.1) is 0 Å². The summed E-state index contributed by atoms with van der Waals surface area (Å²) in [5.41, 5.74) is -2.53. The molecular weight excluding hydrogens is 247 g/mol. The van der Waals surface area contributed by atoms with Gasteiger partial charge in [0.15, 0.2) is 0 Å². The maximum Gasteiger partial charge on any atom is 0.428 e. The normalized spacial score (nSPS) is 13.1. The van der Waals surface area contributed by atoms with Gasteiger partial charge in [0, 0.05) is 0 Å². The molecule has 0 heterocycles. The fourth-order valence-corrected chi connectivity index (χ4v) is 1.09. The molecular formula is C10H13F5O2. The third-order valence-electron chi connectivity index (χ3n) is 1.95. The summed E-state index contributed by atoms with van der Waals surface area (Å²) in [6, 6.07) is 0. The molecule has 7 heteroatoms. The zero-order valence-corrected chi connectivity index (χ0v) is 9.40. The van der Waals surface area contributed by atoms with Crippen LogP contribution in [0.2, 0.25) is 0 Å². The second-order valence-corrected chi connectivity index (χ2v) is 3.49. The lowest BCUT2D eigenvalue weighted by atomic mass is 10.2. The van der Waals surface area contributed by atoms with Gasteiger partial charge in [-0.25, -0.2) is 4.79 Å². The minimum absolute atomic E-state index is 0.335. The SMILES string of the molecule is CCCCC(C)OC(=O)C(=C(F)F)C(F)(F)F. The van der Waals surface area contributed by atoms with Crippen molar-refractivity contribution in [2.45, 2.75) is 45.4 Å². The molecule has 0 bridgehead atoms. The molecule has 17 heavy (non-hydrogen) atoms. The minimum Gasteiger partial charge on any atom is -0.459 e. The van der Waals surface area contributed by atoms with Crippen molar-refractivity contribution in [2.24, 2.45) is 0 Å². The van der Waals surface area contributed by atoms with Crippen LogP contribution < -0.4 is 0 Å². The van der Waals surface area contributed by atoms with Crippen LogP contribution in [0.25, 0.3) is 0 Å². The van der Waals surface area contributed by atoms with Crippen LogP contribution in [-0.4, -0.2) is 18.2 Å². The van der Waals surface area contributed by atoms with Gasteiger partial charge in [0.05, 0.1) is 6.10 Å². The Hall–Kier alpha value is -1.14. The standard InChI is InChI=1S/C10H13F5O2/c1-3-4-5-6(2)17-9(16)7(8(11)12)10(13,14)15/h6H,3-5H2,1-2H3. The minimum atomic E-state index is -5.40. The van der Waals surface area contributed by atoms with Gasteiger partial charge in [-0.2, -0.15) is 22.0 Å². The summed E-state index contributed by atoms with van der Waals surface area (Å²) in [6.45, 7) is 3.20. The van der Waals surface area contributed by atoms with E-state index in [1.165, 1.54) is 6.92 Å². The van der Waals surface area contributed by atoms with Gasteiger partial charge < -0.3 is 4.74 Å². The first-order chi connectivity index (χ1) is 7.70. The lowest BCUT2D eigenvalue weighted by Crippen LogP contribution is -2.26. The topological polar surface area (TPSA) is 26.3 Å². The Bertz CT molecular complexity index is 292. The average Bonchev–Trinajstić information content (AvgIpc) is 2.11. The van der Waals surface area contributed by atoms with E-state index in [0.717, 1.165) is 6.42 Å². The molecule has 0 aliphatic carbocycles. The lowest BCUT2D eigenvalue weighted by molar-refractivity contribution is -0.156. The van der Waals surface area contributed by atoms with Crippen LogP contribution in [0.4, 0.5) is 22.0 Å². The molecule has 0 fully saturated rings. The van der Waals surface area contributed by atoms with E-state index in [9.17, 15) is 26.7 Å². The highest BCUT2D eigenvalue weighted by atomic mass is 19.4. The van der Waals surface area contributed by atoms with Gasteiger partial charge in [-0.1, -0.05) is 19.8 Å². The molecule has 0 N–H and O–H groups in total. The quantitative estimate of drug-likeness (QED) is 0.426. The summed E-state index contributed by atoms with van der Waals surface area (Å²) in [6.07, 6.45) is -7.56. The van der Waals surface area contributed by atoms with E-state index in [4.69, 9.17) is 0 Å². The zero-order valence-electron chi connectivity index (χ0n) is 9.40. The molecule has 0 aromatic heterocycles. The van der Waals surface area contributed by atoms with Crippen molar-refractivity contribution >= 4 is 5.97 Å². The highest BCUT2D eigenvalue weighted by Crippen LogP contribution is 2.30. The number of alkyl halides is 3. The first-order valence-corrected chi connectivity index (χ1v) is 5.03. The number of rotatable bonds is 5. The Balaban J connectivity index is 4.63. The third kappa shape index (κ3) is 5.65. The molecule has 0 aliphatic heterocycles. The average molecular weight is 260 g/mol. The van der Waals surface area contributed by atoms with Crippen molar-refractivity contribution < 1.29 is 31.5 Å². The molecule has 1 atom stereocenters. The Morgan fingerprint density at radius 2 is 1.82 bits per heavy atom. The van der Waals surface area contributed by atoms with Crippen molar-refractivity contribution in [1.29, 1.82) is 0 Å². The van der Waals surface area contributed by atoms with E-state index in [1.54, 1.807) is 0 Å². The molecule has 0 spiro atoms. The van der Waals surface area contributed by atoms with Gasteiger partial charge in [-0.05, 0) is 13.3 Å². The molecule has 0 radical (unpaired) electrons. The molecule has 1 unspecified atom stereocenters. The zero-order chi connectivity index (χ0) is 13.6. The number of hydrogen-bond acceptors (Lipinski definition) is 2. The number of carbonyl (C=O) groups excluding carboxylic acids is 1. The summed E-state index contributed by atoms with van der Waals surface area (Å²) >= 11 is 0. The second kappa shape index (κ2) is 6.56. The van der Waals surface area contributed by atoms with Gasteiger partial charge in [0.25, 0.3) is 6.08 Å². The van der Waals surface area contributed by atoms with Gasteiger partial charge in [0.2, 0.25) is 5.57 Å². The highest BCUT2D eigenvalue weighted by Gasteiger charge is 2.44. The molecule has 0 rings (SSSR count). The summed E-state index contributed by atoms with van der Waals surface area (Å²) in [4.78, 5) is 10.9. The maximum absolute atomic E-state index is 12.1. The van der Waals surface area contributed by atoms with Crippen molar-refractivity contribution in [1.82, 2.24) is 0 Å². The molecule has 2 nitrogen and oxygen atoms in total.